The largest absolute Gasteiger partial charge is 0.416 e. The Morgan fingerprint density at radius 3 is 2.53 bits per heavy atom. The number of nitrogens with one attached hydrogen (secondary N) is 1. The fraction of sp³-hybridized carbons (Fsp3) is 0.360. The Bertz CT molecular complexity index is 1060. The van der Waals surface area contributed by atoms with Crippen LogP contribution < -0.4 is 10.1 Å². The molecule has 1 N–H and O–H groups in total. The summed E-state index contributed by atoms with van der Waals surface area (Å²) in [7, 11) is 0. The van der Waals surface area contributed by atoms with E-state index in [0.717, 1.165) is 19.3 Å². The summed E-state index contributed by atoms with van der Waals surface area (Å²) in [5.74, 6) is -0.841. The fourth-order valence-corrected chi connectivity index (χ4v) is 3.57. The van der Waals surface area contributed by atoms with E-state index < -0.39 is 23.6 Å². The SMILES string of the molecule is CCCC(CC)c1cccc(Oc2nc(C(=O)NC(C)c3cc(F)c(C)c(F)c3)co2)c1. The van der Waals surface area contributed by atoms with Gasteiger partial charge < -0.3 is 14.5 Å². The number of halogens is 2. The van der Waals surface area contributed by atoms with Crippen LogP contribution >= 0.6 is 0 Å². The first kappa shape index (κ1) is 23.4. The van der Waals surface area contributed by atoms with E-state index in [0.29, 0.717) is 17.2 Å². The first-order valence-corrected chi connectivity index (χ1v) is 10.8. The third kappa shape index (κ3) is 5.52. The molecule has 2 unspecified atom stereocenters. The zero-order valence-electron chi connectivity index (χ0n) is 18.7. The number of rotatable bonds is 9. The van der Waals surface area contributed by atoms with Crippen molar-refractivity contribution < 1.29 is 22.7 Å². The van der Waals surface area contributed by atoms with Crippen molar-refractivity contribution >= 4 is 5.91 Å². The summed E-state index contributed by atoms with van der Waals surface area (Å²) in [5.41, 5.74) is 1.44. The molecule has 0 aliphatic heterocycles. The molecule has 7 heteroatoms. The maximum atomic E-state index is 13.8. The van der Waals surface area contributed by atoms with Crippen molar-refractivity contribution in [3.8, 4) is 11.8 Å². The summed E-state index contributed by atoms with van der Waals surface area (Å²) in [6, 6.07) is 9.52. The molecule has 0 aliphatic carbocycles. The average molecular weight is 443 g/mol. The van der Waals surface area contributed by atoms with E-state index in [1.165, 1.54) is 30.9 Å². The van der Waals surface area contributed by atoms with Gasteiger partial charge in [-0.3, -0.25) is 4.79 Å². The van der Waals surface area contributed by atoms with Crippen LogP contribution in [-0.2, 0) is 0 Å². The molecule has 0 saturated heterocycles. The highest BCUT2D eigenvalue weighted by atomic mass is 19.1. The number of ether oxygens (including phenoxy) is 1. The van der Waals surface area contributed by atoms with Crippen LogP contribution in [0.5, 0.6) is 11.8 Å². The minimum Gasteiger partial charge on any atom is -0.416 e. The van der Waals surface area contributed by atoms with Crippen LogP contribution in [0.3, 0.4) is 0 Å². The van der Waals surface area contributed by atoms with Crippen LogP contribution in [0.4, 0.5) is 8.78 Å². The van der Waals surface area contributed by atoms with Gasteiger partial charge in [0.05, 0.1) is 6.04 Å². The zero-order chi connectivity index (χ0) is 23.3. The molecule has 3 aromatic rings. The Morgan fingerprint density at radius 2 is 1.88 bits per heavy atom. The second-order valence-corrected chi connectivity index (χ2v) is 7.87. The van der Waals surface area contributed by atoms with Crippen molar-refractivity contribution in [3.05, 3.63) is 76.7 Å². The Hall–Kier alpha value is -3.22. The highest BCUT2D eigenvalue weighted by Gasteiger charge is 2.19. The van der Waals surface area contributed by atoms with E-state index in [4.69, 9.17) is 9.15 Å². The van der Waals surface area contributed by atoms with Gasteiger partial charge in [0.25, 0.3) is 5.91 Å². The third-order valence-electron chi connectivity index (χ3n) is 5.53. The van der Waals surface area contributed by atoms with Gasteiger partial charge in [0.1, 0.15) is 23.6 Å². The van der Waals surface area contributed by atoms with E-state index in [1.807, 2.05) is 12.1 Å². The maximum Gasteiger partial charge on any atom is 0.399 e. The number of oxazole rings is 1. The first-order chi connectivity index (χ1) is 15.3. The van der Waals surface area contributed by atoms with Gasteiger partial charge in [0.15, 0.2) is 5.69 Å². The van der Waals surface area contributed by atoms with Crippen LogP contribution in [-0.4, -0.2) is 10.9 Å². The summed E-state index contributed by atoms with van der Waals surface area (Å²) in [5, 5.41) is 2.66. The average Bonchev–Trinajstić information content (AvgIpc) is 3.24. The van der Waals surface area contributed by atoms with E-state index >= 15 is 0 Å². The molecule has 170 valence electrons. The number of nitrogens with zero attached hydrogens (tertiary/aromatic N) is 1. The molecule has 1 amide bonds. The van der Waals surface area contributed by atoms with Crippen LogP contribution in [0, 0.1) is 18.6 Å². The van der Waals surface area contributed by atoms with Gasteiger partial charge >= 0.3 is 6.08 Å². The number of benzene rings is 2. The van der Waals surface area contributed by atoms with Crippen molar-refractivity contribution in [2.45, 2.75) is 58.9 Å². The van der Waals surface area contributed by atoms with Crippen LogP contribution in [0.1, 0.15) is 79.2 Å². The van der Waals surface area contributed by atoms with Gasteiger partial charge in [-0.2, -0.15) is 4.98 Å². The van der Waals surface area contributed by atoms with E-state index in [-0.39, 0.29) is 17.3 Å². The number of amides is 1. The first-order valence-electron chi connectivity index (χ1n) is 10.8. The van der Waals surface area contributed by atoms with Gasteiger partial charge in [-0.05, 0) is 68.0 Å². The van der Waals surface area contributed by atoms with E-state index in [9.17, 15) is 13.6 Å². The quantitative estimate of drug-likeness (QED) is 0.394. The van der Waals surface area contributed by atoms with Gasteiger partial charge in [0, 0.05) is 5.56 Å². The fourth-order valence-electron chi connectivity index (χ4n) is 3.57. The van der Waals surface area contributed by atoms with Crippen molar-refractivity contribution in [1.82, 2.24) is 10.3 Å². The van der Waals surface area contributed by atoms with Crippen molar-refractivity contribution in [2.75, 3.05) is 0 Å². The number of aromatic nitrogens is 1. The highest BCUT2D eigenvalue weighted by molar-refractivity contribution is 5.92. The molecular formula is C25H28F2N2O3. The minimum absolute atomic E-state index is 0.00785. The normalized spacial score (nSPS) is 12.9. The molecule has 0 saturated carbocycles. The number of carbonyl (C=O) groups is 1. The topological polar surface area (TPSA) is 64.4 Å². The Labute approximate surface area is 186 Å². The summed E-state index contributed by atoms with van der Waals surface area (Å²) in [6.45, 7) is 7.31. The van der Waals surface area contributed by atoms with Gasteiger partial charge in [-0.1, -0.05) is 32.4 Å². The lowest BCUT2D eigenvalue weighted by atomic mass is 9.92. The lowest BCUT2D eigenvalue weighted by molar-refractivity contribution is 0.0934. The van der Waals surface area contributed by atoms with Crippen molar-refractivity contribution in [2.24, 2.45) is 0 Å². The smallest absolute Gasteiger partial charge is 0.399 e. The highest BCUT2D eigenvalue weighted by Crippen LogP contribution is 2.29. The molecule has 3 rings (SSSR count). The molecule has 2 aromatic carbocycles. The molecule has 0 spiro atoms. The summed E-state index contributed by atoms with van der Waals surface area (Å²) in [6.07, 6.45) is 4.35. The van der Waals surface area contributed by atoms with Crippen molar-refractivity contribution in [3.63, 3.8) is 0 Å². The minimum atomic E-state index is -0.662. The molecule has 0 fully saturated rings. The lowest BCUT2D eigenvalue weighted by Crippen LogP contribution is -2.27. The van der Waals surface area contributed by atoms with Gasteiger partial charge in [-0.25, -0.2) is 8.78 Å². The van der Waals surface area contributed by atoms with E-state index in [2.05, 4.69) is 30.2 Å². The molecule has 1 heterocycles. The van der Waals surface area contributed by atoms with Crippen LogP contribution in [0.15, 0.2) is 47.1 Å². The molecule has 0 bridgehead atoms. The number of hydrogen-bond donors (Lipinski definition) is 1. The van der Waals surface area contributed by atoms with Crippen molar-refractivity contribution in [1.29, 1.82) is 0 Å². The molecule has 1 aromatic heterocycles. The van der Waals surface area contributed by atoms with E-state index in [1.54, 1.807) is 13.0 Å². The summed E-state index contributed by atoms with van der Waals surface area (Å²) in [4.78, 5) is 16.6. The second kappa shape index (κ2) is 10.4. The van der Waals surface area contributed by atoms with Gasteiger partial charge in [0.2, 0.25) is 0 Å². The monoisotopic (exact) mass is 442 g/mol. The standard InChI is InChI=1S/C25H28F2N2O3/c1-5-8-17(6-2)18-9-7-10-20(11-18)32-25-29-23(14-31-25)24(30)28-16(4)19-12-21(26)15(3)22(27)13-19/h7,9-14,16-17H,5-6,8H2,1-4H3,(H,28,30). The number of carbonyl (C=O) groups excluding carboxylic acids is 1. The third-order valence-corrected chi connectivity index (χ3v) is 5.53. The Morgan fingerprint density at radius 1 is 1.16 bits per heavy atom. The molecule has 0 radical (unpaired) electrons. The second-order valence-electron chi connectivity index (χ2n) is 7.87. The molecule has 0 aliphatic rings. The lowest BCUT2D eigenvalue weighted by Gasteiger charge is -2.15. The zero-order valence-corrected chi connectivity index (χ0v) is 18.7. The summed E-state index contributed by atoms with van der Waals surface area (Å²) >= 11 is 0. The molecule has 5 nitrogen and oxygen atoms in total. The Balaban J connectivity index is 1.67. The Kier molecular flexibility index (Phi) is 7.62. The van der Waals surface area contributed by atoms with Crippen LogP contribution in [0.2, 0.25) is 0 Å². The predicted octanol–water partition coefficient (Wildman–Crippen LogP) is 6.84. The molecular weight excluding hydrogens is 414 g/mol. The molecule has 2 atom stereocenters. The maximum absolute atomic E-state index is 13.8. The van der Waals surface area contributed by atoms with Gasteiger partial charge in [-0.15, -0.1) is 0 Å². The molecule has 32 heavy (non-hydrogen) atoms. The van der Waals surface area contributed by atoms with Crippen LogP contribution in [0.25, 0.3) is 0 Å². The number of hydrogen-bond acceptors (Lipinski definition) is 4. The summed E-state index contributed by atoms with van der Waals surface area (Å²) < 4.78 is 38.6. The predicted molar refractivity (Wildman–Crippen MR) is 118 cm³/mol.